The SMILES string of the molecule is N#Cc1ccc(Nc2ncc(C(=O)NCc3ccccc3)cn2)cc1. The van der Waals surface area contributed by atoms with Crippen LogP contribution in [-0.2, 0) is 6.54 Å². The molecule has 25 heavy (non-hydrogen) atoms. The summed E-state index contributed by atoms with van der Waals surface area (Å²) in [6.45, 7) is 0.449. The Morgan fingerprint density at radius 2 is 1.68 bits per heavy atom. The van der Waals surface area contributed by atoms with Gasteiger partial charge in [-0.3, -0.25) is 4.79 Å². The van der Waals surface area contributed by atoms with Crippen LogP contribution in [0.2, 0.25) is 0 Å². The smallest absolute Gasteiger partial charge is 0.254 e. The van der Waals surface area contributed by atoms with Gasteiger partial charge >= 0.3 is 0 Å². The zero-order valence-corrected chi connectivity index (χ0v) is 13.3. The molecule has 1 aromatic heterocycles. The number of rotatable bonds is 5. The topological polar surface area (TPSA) is 90.7 Å². The molecule has 0 spiro atoms. The first kappa shape index (κ1) is 16.1. The minimum absolute atomic E-state index is 0.228. The molecular weight excluding hydrogens is 314 g/mol. The molecule has 1 amide bonds. The van der Waals surface area contributed by atoms with E-state index in [2.05, 4.69) is 26.7 Å². The average Bonchev–Trinajstić information content (AvgIpc) is 2.68. The van der Waals surface area contributed by atoms with E-state index in [0.29, 0.717) is 23.6 Å². The first-order valence-electron chi connectivity index (χ1n) is 7.66. The molecule has 0 aliphatic carbocycles. The largest absolute Gasteiger partial charge is 0.348 e. The van der Waals surface area contributed by atoms with Crippen LogP contribution in [0, 0.1) is 11.3 Å². The summed E-state index contributed by atoms with van der Waals surface area (Å²) in [7, 11) is 0. The fourth-order valence-corrected chi connectivity index (χ4v) is 2.15. The number of nitrogens with one attached hydrogen (secondary N) is 2. The summed E-state index contributed by atoms with van der Waals surface area (Å²) >= 11 is 0. The van der Waals surface area contributed by atoms with E-state index in [1.807, 2.05) is 30.3 Å². The van der Waals surface area contributed by atoms with Crippen molar-refractivity contribution < 1.29 is 4.79 Å². The van der Waals surface area contributed by atoms with Gasteiger partial charge < -0.3 is 10.6 Å². The van der Waals surface area contributed by atoms with Gasteiger partial charge in [0.15, 0.2) is 0 Å². The average molecular weight is 329 g/mol. The van der Waals surface area contributed by atoms with Crippen molar-refractivity contribution in [1.29, 1.82) is 5.26 Å². The second-order valence-corrected chi connectivity index (χ2v) is 5.28. The summed E-state index contributed by atoms with van der Waals surface area (Å²) in [5, 5.41) is 14.6. The van der Waals surface area contributed by atoms with Gasteiger partial charge in [0.05, 0.1) is 17.2 Å². The number of hydrogen-bond donors (Lipinski definition) is 2. The van der Waals surface area contributed by atoms with Crippen molar-refractivity contribution in [3.8, 4) is 6.07 Å². The highest BCUT2D eigenvalue weighted by Crippen LogP contribution is 2.13. The lowest BCUT2D eigenvalue weighted by molar-refractivity contribution is 0.0950. The Kier molecular flexibility index (Phi) is 4.98. The number of benzene rings is 2. The van der Waals surface area contributed by atoms with Crippen molar-refractivity contribution in [1.82, 2.24) is 15.3 Å². The Labute approximate surface area is 145 Å². The number of aromatic nitrogens is 2. The van der Waals surface area contributed by atoms with E-state index in [1.54, 1.807) is 24.3 Å². The Morgan fingerprint density at radius 3 is 2.32 bits per heavy atom. The number of amides is 1. The van der Waals surface area contributed by atoms with Gasteiger partial charge in [-0.05, 0) is 29.8 Å². The van der Waals surface area contributed by atoms with E-state index in [1.165, 1.54) is 12.4 Å². The van der Waals surface area contributed by atoms with E-state index in [9.17, 15) is 4.79 Å². The number of carbonyl (C=O) groups excluding carboxylic acids is 1. The second-order valence-electron chi connectivity index (χ2n) is 5.28. The third kappa shape index (κ3) is 4.39. The highest BCUT2D eigenvalue weighted by molar-refractivity contribution is 5.93. The number of carbonyl (C=O) groups is 1. The fraction of sp³-hybridized carbons (Fsp3) is 0.0526. The third-order valence-electron chi connectivity index (χ3n) is 3.48. The summed E-state index contributed by atoms with van der Waals surface area (Å²) in [6, 6.07) is 18.7. The van der Waals surface area contributed by atoms with Crippen LogP contribution < -0.4 is 10.6 Å². The van der Waals surface area contributed by atoms with Gasteiger partial charge in [0.1, 0.15) is 0 Å². The van der Waals surface area contributed by atoms with Crippen LogP contribution in [0.4, 0.5) is 11.6 Å². The van der Waals surface area contributed by atoms with E-state index in [-0.39, 0.29) is 5.91 Å². The maximum Gasteiger partial charge on any atom is 0.254 e. The predicted molar refractivity (Wildman–Crippen MR) is 94.1 cm³/mol. The van der Waals surface area contributed by atoms with Gasteiger partial charge in [0, 0.05) is 24.6 Å². The van der Waals surface area contributed by atoms with Crippen molar-refractivity contribution in [2.24, 2.45) is 0 Å². The Balaban J connectivity index is 1.59. The zero-order chi connectivity index (χ0) is 17.5. The summed E-state index contributed by atoms with van der Waals surface area (Å²) in [5.41, 5.74) is 2.76. The number of nitrogens with zero attached hydrogens (tertiary/aromatic N) is 3. The summed E-state index contributed by atoms with van der Waals surface area (Å²) < 4.78 is 0. The Hall–Kier alpha value is -3.72. The normalized spacial score (nSPS) is 9.88. The lowest BCUT2D eigenvalue weighted by atomic mass is 10.2. The van der Waals surface area contributed by atoms with Crippen LogP contribution >= 0.6 is 0 Å². The molecule has 2 N–H and O–H groups in total. The van der Waals surface area contributed by atoms with Crippen molar-refractivity contribution in [3.05, 3.63) is 83.7 Å². The molecule has 0 aliphatic heterocycles. The minimum atomic E-state index is -0.228. The molecule has 0 atom stereocenters. The van der Waals surface area contributed by atoms with E-state index >= 15 is 0 Å². The summed E-state index contributed by atoms with van der Waals surface area (Å²) in [4.78, 5) is 20.4. The molecule has 6 heteroatoms. The molecule has 3 aromatic rings. The molecule has 3 rings (SSSR count). The fourth-order valence-electron chi connectivity index (χ4n) is 2.15. The molecular formula is C19H15N5O. The van der Waals surface area contributed by atoms with Crippen molar-refractivity contribution in [2.75, 3.05) is 5.32 Å². The molecule has 0 saturated carbocycles. The quantitative estimate of drug-likeness (QED) is 0.751. The molecule has 2 aromatic carbocycles. The van der Waals surface area contributed by atoms with Crippen molar-refractivity contribution in [3.63, 3.8) is 0 Å². The lowest BCUT2D eigenvalue weighted by Crippen LogP contribution is -2.23. The van der Waals surface area contributed by atoms with Gasteiger partial charge in [-0.15, -0.1) is 0 Å². The molecule has 0 bridgehead atoms. The molecule has 0 radical (unpaired) electrons. The first-order chi connectivity index (χ1) is 12.2. The van der Waals surface area contributed by atoms with Gasteiger partial charge in [-0.1, -0.05) is 30.3 Å². The van der Waals surface area contributed by atoms with Crippen molar-refractivity contribution >= 4 is 17.5 Å². The zero-order valence-electron chi connectivity index (χ0n) is 13.3. The second kappa shape index (κ2) is 7.70. The molecule has 0 saturated heterocycles. The maximum atomic E-state index is 12.1. The molecule has 6 nitrogen and oxygen atoms in total. The standard InChI is InChI=1S/C19H15N5O/c20-10-14-6-8-17(9-7-14)24-19-22-12-16(13-23-19)18(25)21-11-15-4-2-1-3-5-15/h1-9,12-13H,11H2,(H,21,25)(H,22,23,24). The molecule has 0 unspecified atom stereocenters. The number of hydrogen-bond acceptors (Lipinski definition) is 5. The third-order valence-corrected chi connectivity index (χ3v) is 3.48. The van der Waals surface area contributed by atoms with E-state index in [4.69, 9.17) is 5.26 Å². The van der Waals surface area contributed by atoms with Crippen LogP contribution in [-0.4, -0.2) is 15.9 Å². The van der Waals surface area contributed by atoms with Crippen LogP contribution in [0.25, 0.3) is 0 Å². The predicted octanol–water partition coefficient (Wildman–Crippen LogP) is 3.02. The van der Waals surface area contributed by atoms with Crippen LogP contribution in [0.3, 0.4) is 0 Å². The van der Waals surface area contributed by atoms with Crippen molar-refractivity contribution in [2.45, 2.75) is 6.54 Å². The van der Waals surface area contributed by atoms with E-state index < -0.39 is 0 Å². The summed E-state index contributed by atoms with van der Waals surface area (Å²) in [5.74, 6) is 0.151. The minimum Gasteiger partial charge on any atom is -0.348 e. The monoisotopic (exact) mass is 329 g/mol. The van der Waals surface area contributed by atoms with Crippen LogP contribution in [0.5, 0.6) is 0 Å². The molecule has 1 heterocycles. The van der Waals surface area contributed by atoms with Crippen LogP contribution in [0.1, 0.15) is 21.5 Å². The number of nitriles is 1. The Bertz CT molecular complexity index is 884. The number of anilines is 2. The molecule has 0 fully saturated rings. The van der Waals surface area contributed by atoms with Crippen LogP contribution in [0.15, 0.2) is 67.0 Å². The first-order valence-corrected chi connectivity index (χ1v) is 7.66. The Morgan fingerprint density at radius 1 is 1.00 bits per heavy atom. The highest BCUT2D eigenvalue weighted by Gasteiger charge is 2.07. The van der Waals surface area contributed by atoms with Gasteiger partial charge in [-0.25, -0.2) is 9.97 Å². The van der Waals surface area contributed by atoms with E-state index in [0.717, 1.165) is 11.3 Å². The molecule has 122 valence electrons. The van der Waals surface area contributed by atoms with Gasteiger partial charge in [0.25, 0.3) is 5.91 Å². The lowest BCUT2D eigenvalue weighted by Gasteiger charge is -2.07. The van der Waals surface area contributed by atoms with Gasteiger partial charge in [0.2, 0.25) is 5.95 Å². The highest BCUT2D eigenvalue weighted by atomic mass is 16.1. The van der Waals surface area contributed by atoms with Gasteiger partial charge in [-0.2, -0.15) is 5.26 Å². The summed E-state index contributed by atoms with van der Waals surface area (Å²) in [6.07, 6.45) is 2.94. The molecule has 0 aliphatic rings. The maximum absolute atomic E-state index is 12.1.